The summed E-state index contributed by atoms with van der Waals surface area (Å²) >= 11 is 3.30. The van der Waals surface area contributed by atoms with Crippen molar-refractivity contribution >= 4 is 60.9 Å². The van der Waals surface area contributed by atoms with Gasteiger partial charge in [0.2, 0.25) is 0 Å². The van der Waals surface area contributed by atoms with Crippen LogP contribution in [-0.2, 0) is 22.0 Å². The highest BCUT2D eigenvalue weighted by Crippen LogP contribution is 2.52. The topological polar surface area (TPSA) is 107 Å². The summed E-state index contributed by atoms with van der Waals surface area (Å²) < 4.78 is 15.2. The molecule has 1 aliphatic carbocycles. The van der Waals surface area contributed by atoms with Crippen LogP contribution in [0, 0.1) is 0 Å². The van der Waals surface area contributed by atoms with Gasteiger partial charge >= 0.3 is 12.1 Å². The number of aromatic nitrogens is 2. The molecule has 1 atom stereocenters. The number of nitrogens with zero attached hydrogens (tertiary/aromatic N) is 2. The number of aryl methyl sites for hydroxylation is 1. The SMILES string of the molecule is CC(OC(=O)Nc1c(-c2cc3sc(-c4ccc5occ(C6(C(=O)O)CC6)c5c4)cc3s2)cnn1C)c1ccccc1. The minimum Gasteiger partial charge on any atom is -0.481 e. The summed E-state index contributed by atoms with van der Waals surface area (Å²) in [6.45, 7) is 1.84. The molecule has 0 bridgehead atoms. The minimum absolute atomic E-state index is 0.394. The summed E-state index contributed by atoms with van der Waals surface area (Å²) in [4.78, 5) is 26.8. The standard InChI is InChI=1S/C31H25N3O5S2/c1-17(18-6-4-3-5-7-18)39-30(37)33-28-21(15-32-34(28)2)25-14-27-26(41-25)13-24(40-27)19-8-9-23-20(12-19)22(16-38-23)31(10-11-31)29(35)36/h3-9,12-17H,10-11H2,1-2H3,(H,33,37)(H,35,36). The maximum atomic E-state index is 12.7. The highest BCUT2D eigenvalue weighted by atomic mass is 32.1. The Morgan fingerprint density at radius 2 is 1.80 bits per heavy atom. The lowest BCUT2D eigenvalue weighted by atomic mass is 9.95. The number of furan rings is 1. The number of hydrogen-bond acceptors (Lipinski definition) is 7. The Morgan fingerprint density at radius 1 is 1.07 bits per heavy atom. The Kier molecular flexibility index (Phi) is 5.98. The van der Waals surface area contributed by atoms with Crippen LogP contribution in [0.5, 0.6) is 0 Å². The summed E-state index contributed by atoms with van der Waals surface area (Å²) in [6.07, 6.45) is 3.68. The van der Waals surface area contributed by atoms with Crippen LogP contribution in [-0.4, -0.2) is 26.9 Å². The van der Waals surface area contributed by atoms with Crippen molar-refractivity contribution in [1.82, 2.24) is 9.78 Å². The second-order valence-corrected chi connectivity index (χ2v) is 12.5. The van der Waals surface area contributed by atoms with Crippen LogP contribution in [0.1, 0.15) is 37.0 Å². The molecule has 0 spiro atoms. The molecular formula is C31H25N3O5S2. The second kappa shape index (κ2) is 9.60. The molecule has 1 aliphatic rings. The number of fused-ring (bicyclic) bond motifs is 2. The van der Waals surface area contributed by atoms with Crippen LogP contribution >= 0.6 is 22.7 Å². The Balaban J connectivity index is 1.14. The normalized spacial score (nSPS) is 14.8. The number of ether oxygens (including phenoxy) is 1. The molecule has 10 heteroatoms. The number of anilines is 1. The first-order chi connectivity index (χ1) is 19.8. The van der Waals surface area contributed by atoms with Crippen molar-refractivity contribution in [1.29, 1.82) is 0 Å². The number of hydrogen-bond donors (Lipinski definition) is 2. The smallest absolute Gasteiger partial charge is 0.413 e. The van der Waals surface area contributed by atoms with Crippen molar-refractivity contribution in [3.05, 3.63) is 84.3 Å². The summed E-state index contributed by atoms with van der Waals surface area (Å²) in [7, 11) is 1.78. The van der Waals surface area contributed by atoms with E-state index >= 15 is 0 Å². The van der Waals surface area contributed by atoms with E-state index in [1.807, 2.05) is 55.5 Å². The molecule has 2 N–H and O–H groups in total. The van der Waals surface area contributed by atoms with Crippen molar-refractivity contribution in [2.75, 3.05) is 5.32 Å². The third-order valence-corrected chi connectivity index (χ3v) is 10.1. The molecule has 0 radical (unpaired) electrons. The predicted molar refractivity (Wildman–Crippen MR) is 161 cm³/mol. The van der Waals surface area contributed by atoms with Gasteiger partial charge in [-0.1, -0.05) is 30.3 Å². The summed E-state index contributed by atoms with van der Waals surface area (Å²) in [5.41, 5.74) is 3.39. The van der Waals surface area contributed by atoms with Crippen LogP contribution in [0.3, 0.4) is 0 Å². The molecule has 0 aliphatic heterocycles. The quantitative estimate of drug-likeness (QED) is 0.196. The number of nitrogens with one attached hydrogen (secondary N) is 1. The van der Waals surface area contributed by atoms with Gasteiger partial charge in [-0.3, -0.25) is 14.8 Å². The Bertz CT molecular complexity index is 1910. The lowest BCUT2D eigenvalue weighted by Crippen LogP contribution is -2.18. The molecule has 4 aromatic heterocycles. The first-order valence-electron chi connectivity index (χ1n) is 13.2. The van der Waals surface area contributed by atoms with Gasteiger partial charge in [0.05, 0.1) is 23.4 Å². The molecule has 6 aromatic rings. The van der Waals surface area contributed by atoms with Crippen molar-refractivity contribution in [2.24, 2.45) is 7.05 Å². The maximum absolute atomic E-state index is 12.7. The van der Waals surface area contributed by atoms with Crippen LogP contribution in [0.25, 0.3) is 41.3 Å². The molecule has 8 nitrogen and oxygen atoms in total. The lowest BCUT2D eigenvalue weighted by Gasteiger charge is -2.14. The number of carboxylic acids is 1. The van der Waals surface area contributed by atoms with Gasteiger partial charge in [-0.2, -0.15) is 5.10 Å². The van der Waals surface area contributed by atoms with Gasteiger partial charge in [-0.05, 0) is 61.2 Å². The van der Waals surface area contributed by atoms with E-state index in [9.17, 15) is 14.7 Å². The zero-order chi connectivity index (χ0) is 28.3. The Labute approximate surface area is 242 Å². The third-order valence-electron chi connectivity index (χ3n) is 7.72. The molecular weight excluding hydrogens is 558 g/mol. The van der Waals surface area contributed by atoms with Crippen LogP contribution in [0.15, 0.2) is 77.5 Å². The van der Waals surface area contributed by atoms with E-state index in [1.165, 1.54) is 0 Å². The number of carbonyl (C=O) groups excluding carboxylic acids is 1. The second-order valence-electron chi connectivity index (χ2n) is 10.3. The summed E-state index contributed by atoms with van der Waals surface area (Å²) in [5.74, 6) is -0.229. The monoisotopic (exact) mass is 583 g/mol. The van der Waals surface area contributed by atoms with E-state index in [1.54, 1.807) is 46.9 Å². The van der Waals surface area contributed by atoms with Crippen LogP contribution < -0.4 is 5.32 Å². The van der Waals surface area contributed by atoms with Gasteiger partial charge in [0.25, 0.3) is 0 Å². The first-order valence-corrected chi connectivity index (χ1v) is 14.8. The highest BCUT2D eigenvalue weighted by molar-refractivity contribution is 7.31. The average molecular weight is 584 g/mol. The van der Waals surface area contributed by atoms with Gasteiger partial charge in [0.1, 0.15) is 17.5 Å². The number of thiophene rings is 2. The van der Waals surface area contributed by atoms with Crippen LogP contribution in [0.4, 0.5) is 10.6 Å². The predicted octanol–water partition coefficient (Wildman–Crippen LogP) is 8.20. The number of benzene rings is 2. The molecule has 206 valence electrons. The van der Waals surface area contributed by atoms with E-state index in [0.29, 0.717) is 24.2 Å². The summed E-state index contributed by atoms with van der Waals surface area (Å²) in [6, 6.07) is 19.8. The maximum Gasteiger partial charge on any atom is 0.413 e. The summed E-state index contributed by atoms with van der Waals surface area (Å²) in [5, 5.41) is 17.9. The van der Waals surface area contributed by atoms with Gasteiger partial charge in [0.15, 0.2) is 0 Å². The van der Waals surface area contributed by atoms with Crippen molar-refractivity contribution in [3.63, 3.8) is 0 Å². The number of carbonyl (C=O) groups is 2. The molecule has 41 heavy (non-hydrogen) atoms. The third kappa shape index (κ3) is 4.39. The van der Waals surface area contributed by atoms with Gasteiger partial charge in [0, 0.05) is 37.2 Å². The molecule has 1 unspecified atom stereocenters. The highest BCUT2D eigenvalue weighted by Gasteiger charge is 2.53. The molecule has 2 aromatic carbocycles. The average Bonchev–Trinajstić information content (AvgIpc) is 3.21. The minimum atomic E-state index is -0.823. The fourth-order valence-electron chi connectivity index (χ4n) is 5.23. The van der Waals surface area contributed by atoms with Gasteiger partial charge in [-0.25, -0.2) is 4.79 Å². The van der Waals surface area contributed by atoms with E-state index < -0.39 is 23.6 Å². The molecule has 7 rings (SSSR count). The van der Waals surface area contributed by atoms with Gasteiger partial charge < -0.3 is 14.3 Å². The Morgan fingerprint density at radius 3 is 2.54 bits per heavy atom. The Hall–Kier alpha value is -4.41. The molecule has 1 amide bonds. The van der Waals surface area contributed by atoms with E-state index in [0.717, 1.165) is 46.8 Å². The van der Waals surface area contributed by atoms with E-state index in [4.69, 9.17) is 9.15 Å². The van der Waals surface area contributed by atoms with E-state index in [-0.39, 0.29) is 0 Å². The molecule has 1 fully saturated rings. The first kappa shape index (κ1) is 25.6. The largest absolute Gasteiger partial charge is 0.481 e. The molecule has 0 saturated heterocycles. The lowest BCUT2D eigenvalue weighted by molar-refractivity contribution is -0.140. The zero-order valence-electron chi connectivity index (χ0n) is 22.2. The number of carboxylic acid groups (broad SMARTS) is 1. The molecule has 4 heterocycles. The van der Waals surface area contributed by atoms with Crippen molar-refractivity contribution < 1.29 is 23.8 Å². The fraction of sp³-hybridized carbons (Fsp3) is 0.194. The number of amides is 1. The van der Waals surface area contributed by atoms with Gasteiger partial charge in [-0.15, -0.1) is 22.7 Å². The van der Waals surface area contributed by atoms with Crippen molar-refractivity contribution in [2.45, 2.75) is 31.3 Å². The number of aliphatic carboxylic acids is 1. The molecule has 1 saturated carbocycles. The zero-order valence-corrected chi connectivity index (χ0v) is 23.8. The fourth-order valence-corrected chi connectivity index (χ4v) is 7.64. The van der Waals surface area contributed by atoms with Crippen molar-refractivity contribution in [3.8, 4) is 20.9 Å². The van der Waals surface area contributed by atoms with Crippen LogP contribution in [0.2, 0.25) is 0 Å². The van der Waals surface area contributed by atoms with E-state index in [2.05, 4.69) is 22.5 Å². The number of rotatable bonds is 7.